The maximum Gasteiger partial charge on any atom is 0.347 e. The molecule has 9 heteroatoms. The van der Waals surface area contributed by atoms with E-state index in [1.165, 1.54) is 13.8 Å². The Hall–Kier alpha value is -0.950. The van der Waals surface area contributed by atoms with E-state index in [-0.39, 0.29) is 0 Å². The van der Waals surface area contributed by atoms with Crippen LogP contribution in [0.3, 0.4) is 0 Å². The van der Waals surface area contributed by atoms with Gasteiger partial charge in [-0.1, -0.05) is 13.3 Å². The molecule has 2 amide bonds. The third-order valence-electron chi connectivity index (χ3n) is 2.48. The lowest BCUT2D eigenvalue weighted by atomic mass is 10.1. The lowest BCUT2D eigenvalue weighted by molar-refractivity contribution is -0.129. The number of hydrogen-bond donors (Lipinski definition) is 5. The highest BCUT2D eigenvalue weighted by molar-refractivity contribution is 7.52. The van der Waals surface area contributed by atoms with E-state index >= 15 is 0 Å². The normalized spacial score (nSPS) is 16.3. The Morgan fingerprint density at radius 1 is 1.21 bits per heavy atom. The largest absolute Gasteiger partial charge is 0.347 e. The zero-order valence-electron chi connectivity index (χ0n) is 11.3. The lowest BCUT2D eigenvalue weighted by Gasteiger charge is -2.22. The van der Waals surface area contributed by atoms with Crippen LogP contribution in [-0.2, 0) is 14.2 Å². The summed E-state index contributed by atoms with van der Waals surface area (Å²) in [5, 5.41) is 4.64. The van der Waals surface area contributed by atoms with Crippen molar-refractivity contribution in [3.8, 4) is 0 Å². The summed E-state index contributed by atoms with van der Waals surface area (Å²) in [5.41, 5.74) is 5.38. The van der Waals surface area contributed by atoms with Gasteiger partial charge in [0.15, 0.2) is 0 Å². The van der Waals surface area contributed by atoms with Crippen LogP contribution in [0.15, 0.2) is 0 Å². The van der Waals surface area contributed by atoms with Gasteiger partial charge in [0, 0.05) is 0 Å². The van der Waals surface area contributed by atoms with Crippen LogP contribution in [0.1, 0.15) is 33.6 Å². The third kappa shape index (κ3) is 6.68. The summed E-state index contributed by atoms with van der Waals surface area (Å²) in [6.07, 6.45) is 0.986. The van der Waals surface area contributed by atoms with Crippen molar-refractivity contribution in [2.45, 2.75) is 51.5 Å². The molecular formula is C10H22N3O5P. The minimum Gasteiger partial charge on any atom is -0.343 e. The molecule has 0 radical (unpaired) electrons. The molecule has 0 aromatic carbocycles. The first-order valence-corrected chi connectivity index (χ1v) is 7.69. The van der Waals surface area contributed by atoms with Gasteiger partial charge < -0.3 is 26.2 Å². The first-order chi connectivity index (χ1) is 8.59. The fourth-order valence-electron chi connectivity index (χ4n) is 1.25. The van der Waals surface area contributed by atoms with E-state index in [0.29, 0.717) is 12.8 Å². The fraction of sp³-hybridized carbons (Fsp3) is 0.800. The molecule has 0 spiro atoms. The second-order valence-corrected chi connectivity index (χ2v) is 6.36. The number of carbonyl (C=O) groups is 2. The van der Waals surface area contributed by atoms with Crippen molar-refractivity contribution in [2.75, 3.05) is 0 Å². The Balaban J connectivity index is 4.67. The number of carbonyl (C=O) groups excluding carboxylic acids is 2. The molecule has 0 heterocycles. The molecule has 0 saturated heterocycles. The lowest BCUT2D eigenvalue weighted by Crippen LogP contribution is -2.52. The standard InChI is InChI=1S/C10H22N3O5P/c1-4-5-8(13-9(14)6(2)11)10(15)12-7(3)19(16,17)18/h6-8H,4-5,11H2,1-3H3,(H,12,15)(H,13,14)(H2,16,17,18)/t6-,7+,8-/m0/s1. The second-order valence-electron chi connectivity index (χ2n) is 4.41. The molecule has 0 rings (SSSR count). The van der Waals surface area contributed by atoms with Crippen LogP contribution in [0, 0.1) is 0 Å². The molecule has 0 aromatic rings. The van der Waals surface area contributed by atoms with Gasteiger partial charge in [-0.05, 0) is 20.3 Å². The number of nitrogens with one attached hydrogen (secondary N) is 2. The predicted octanol–water partition coefficient (Wildman–Crippen LogP) is -0.742. The Bertz CT molecular complexity index is 368. The highest BCUT2D eigenvalue weighted by Gasteiger charge is 2.29. The molecule has 19 heavy (non-hydrogen) atoms. The summed E-state index contributed by atoms with van der Waals surface area (Å²) in [5.74, 6) is -2.42. The maximum atomic E-state index is 11.8. The number of nitrogens with two attached hydrogens (primary N) is 1. The van der Waals surface area contributed by atoms with Gasteiger partial charge in [-0.15, -0.1) is 0 Å². The van der Waals surface area contributed by atoms with Gasteiger partial charge in [0.05, 0.1) is 6.04 Å². The maximum absolute atomic E-state index is 11.8. The third-order valence-corrected chi connectivity index (χ3v) is 3.62. The monoisotopic (exact) mass is 295 g/mol. The van der Waals surface area contributed by atoms with Crippen LogP contribution < -0.4 is 16.4 Å². The van der Waals surface area contributed by atoms with Crippen LogP contribution in [0.4, 0.5) is 0 Å². The number of amides is 2. The van der Waals surface area contributed by atoms with E-state index in [1.54, 1.807) is 0 Å². The summed E-state index contributed by atoms with van der Waals surface area (Å²) in [6.45, 7) is 4.51. The molecule has 0 aliphatic heterocycles. The summed E-state index contributed by atoms with van der Waals surface area (Å²) in [4.78, 5) is 41.1. The van der Waals surface area contributed by atoms with Gasteiger partial charge in [0.1, 0.15) is 11.8 Å². The van der Waals surface area contributed by atoms with Gasteiger partial charge >= 0.3 is 7.60 Å². The van der Waals surface area contributed by atoms with Crippen LogP contribution >= 0.6 is 7.60 Å². The van der Waals surface area contributed by atoms with E-state index in [1.807, 2.05) is 6.92 Å². The van der Waals surface area contributed by atoms with E-state index < -0.39 is 37.3 Å². The first-order valence-electron chi connectivity index (χ1n) is 6.01. The van der Waals surface area contributed by atoms with Gasteiger partial charge in [-0.3, -0.25) is 14.2 Å². The van der Waals surface area contributed by atoms with E-state index in [2.05, 4.69) is 10.6 Å². The van der Waals surface area contributed by atoms with E-state index in [9.17, 15) is 14.2 Å². The Morgan fingerprint density at radius 2 is 1.74 bits per heavy atom. The van der Waals surface area contributed by atoms with Crippen molar-refractivity contribution in [3.05, 3.63) is 0 Å². The van der Waals surface area contributed by atoms with Crippen LogP contribution in [-0.4, -0.2) is 39.5 Å². The average Bonchev–Trinajstić information content (AvgIpc) is 2.26. The molecular weight excluding hydrogens is 273 g/mol. The zero-order valence-corrected chi connectivity index (χ0v) is 12.2. The average molecular weight is 295 g/mol. The number of rotatable bonds is 7. The van der Waals surface area contributed by atoms with Gasteiger partial charge in [-0.25, -0.2) is 0 Å². The topological polar surface area (TPSA) is 142 Å². The minimum atomic E-state index is -4.39. The highest BCUT2D eigenvalue weighted by Crippen LogP contribution is 2.39. The molecule has 0 aromatic heterocycles. The van der Waals surface area contributed by atoms with Crippen LogP contribution in [0.5, 0.6) is 0 Å². The fourth-order valence-corrected chi connectivity index (χ4v) is 1.55. The summed E-state index contributed by atoms with van der Waals surface area (Å²) < 4.78 is 10.9. The quantitative estimate of drug-likeness (QED) is 0.391. The summed E-state index contributed by atoms with van der Waals surface area (Å²) in [6, 6.07) is -1.61. The van der Waals surface area contributed by atoms with Crippen molar-refractivity contribution in [1.29, 1.82) is 0 Å². The van der Waals surface area contributed by atoms with Crippen LogP contribution in [0.2, 0.25) is 0 Å². The molecule has 0 bridgehead atoms. The molecule has 0 fully saturated rings. The Morgan fingerprint density at radius 3 is 2.11 bits per heavy atom. The van der Waals surface area contributed by atoms with E-state index in [0.717, 1.165) is 0 Å². The van der Waals surface area contributed by atoms with Crippen molar-refractivity contribution in [2.24, 2.45) is 5.73 Å². The highest BCUT2D eigenvalue weighted by atomic mass is 31.2. The molecule has 112 valence electrons. The van der Waals surface area contributed by atoms with Crippen LogP contribution in [0.25, 0.3) is 0 Å². The van der Waals surface area contributed by atoms with E-state index in [4.69, 9.17) is 15.5 Å². The molecule has 3 atom stereocenters. The molecule has 6 N–H and O–H groups in total. The molecule has 0 saturated carbocycles. The predicted molar refractivity (Wildman–Crippen MR) is 70.1 cm³/mol. The zero-order chi connectivity index (χ0) is 15.2. The van der Waals surface area contributed by atoms with Gasteiger partial charge in [0.2, 0.25) is 11.8 Å². The molecule has 0 aliphatic carbocycles. The summed E-state index contributed by atoms with van der Waals surface area (Å²) in [7, 11) is -4.39. The van der Waals surface area contributed by atoms with Gasteiger partial charge in [-0.2, -0.15) is 0 Å². The molecule has 8 nitrogen and oxygen atoms in total. The van der Waals surface area contributed by atoms with Crippen molar-refractivity contribution >= 4 is 19.4 Å². The first kappa shape index (κ1) is 18.0. The minimum absolute atomic E-state index is 0.359. The molecule has 0 aliphatic rings. The number of hydrogen-bond acceptors (Lipinski definition) is 4. The van der Waals surface area contributed by atoms with Gasteiger partial charge in [0.25, 0.3) is 0 Å². The van der Waals surface area contributed by atoms with Crippen molar-refractivity contribution in [1.82, 2.24) is 10.6 Å². The van der Waals surface area contributed by atoms with Crippen molar-refractivity contribution < 1.29 is 23.9 Å². The summed E-state index contributed by atoms with van der Waals surface area (Å²) >= 11 is 0. The van der Waals surface area contributed by atoms with Crippen molar-refractivity contribution in [3.63, 3.8) is 0 Å². The SMILES string of the molecule is CCC[C@H](NC(=O)[C@H](C)N)C(=O)N[C@@H](C)P(=O)(O)O. The smallest absolute Gasteiger partial charge is 0.343 e. The Labute approximate surface area is 112 Å². The molecule has 0 unspecified atom stereocenters. The second kappa shape index (κ2) is 7.59. The Kier molecular flexibility index (Phi) is 7.21.